The van der Waals surface area contributed by atoms with Crippen molar-refractivity contribution in [3.05, 3.63) is 17.0 Å². The zero-order chi connectivity index (χ0) is 13.5. The van der Waals surface area contributed by atoms with E-state index in [4.69, 9.17) is 0 Å². The lowest BCUT2D eigenvalue weighted by Crippen LogP contribution is -2.22. The maximum absolute atomic E-state index is 4.53. The first-order chi connectivity index (χ1) is 8.61. The van der Waals surface area contributed by atoms with E-state index in [1.54, 1.807) is 0 Å². The molecule has 0 amide bonds. The molecule has 18 heavy (non-hydrogen) atoms. The summed E-state index contributed by atoms with van der Waals surface area (Å²) in [6, 6.07) is 0.473. The lowest BCUT2D eigenvalue weighted by atomic mass is 9.98. The second kappa shape index (κ2) is 7.57. The minimum atomic E-state index is 0.473. The number of nitrogens with one attached hydrogen (secondary N) is 1. The highest BCUT2D eigenvalue weighted by atomic mass is 15.3. The monoisotopic (exact) mass is 251 g/mol. The fourth-order valence-corrected chi connectivity index (χ4v) is 2.66. The van der Waals surface area contributed by atoms with Crippen molar-refractivity contribution in [1.82, 2.24) is 15.1 Å². The zero-order valence-electron chi connectivity index (χ0n) is 12.7. The lowest BCUT2D eigenvalue weighted by molar-refractivity contribution is 0.478. The van der Waals surface area contributed by atoms with Crippen LogP contribution in [0.25, 0.3) is 0 Å². The highest BCUT2D eigenvalue weighted by Gasteiger charge is 2.18. The van der Waals surface area contributed by atoms with Gasteiger partial charge in [0.05, 0.1) is 5.69 Å². The Morgan fingerprint density at radius 3 is 2.39 bits per heavy atom. The Labute approximate surface area is 112 Å². The summed E-state index contributed by atoms with van der Waals surface area (Å²) in [5, 5.41) is 8.15. The quantitative estimate of drug-likeness (QED) is 0.715. The van der Waals surface area contributed by atoms with Crippen LogP contribution in [0.1, 0.15) is 68.9 Å². The molecule has 0 fully saturated rings. The van der Waals surface area contributed by atoms with Gasteiger partial charge in [-0.1, -0.05) is 39.5 Å². The van der Waals surface area contributed by atoms with E-state index in [0.29, 0.717) is 6.04 Å². The van der Waals surface area contributed by atoms with Crippen molar-refractivity contribution < 1.29 is 0 Å². The number of rotatable bonds is 8. The van der Waals surface area contributed by atoms with Crippen molar-refractivity contribution >= 4 is 0 Å². The molecule has 1 aromatic rings. The molecule has 0 aliphatic carbocycles. The van der Waals surface area contributed by atoms with Crippen LogP contribution in [0, 0.1) is 13.8 Å². The van der Waals surface area contributed by atoms with Crippen molar-refractivity contribution in [2.75, 3.05) is 6.54 Å². The Morgan fingerprint density at radius 2 is 1.89 bits per heavy atom. The summed E-state index contributed by atoms with van der Waals surface area (Å²) in [6.45, 7) is 9.76. The van der Waals surface area contributed by atoms with Gasteiger partial charge in [-0.25, -0.2) is 0 Å². The molecule has 1 heterocycles. The Balaban J connectivity index is 2.71. The highest BCUT2D eigenvalue weighted by molar-refractivity contribution is 5.28. The Morgan fingerprint density at radius 1 is 1.17 bits per heavy atom. The fraction of sp³-hybridized carbons (Fsp3) is 0.800. The van der Waals surface area contributed by atoms with E-state index in [1.165, 1.54) is 49.1 Å². The van der Waals surface area contributed by atoms with Gasteiger partial charge < -0.3 is 5.32 Å². The van der Waals surface area contributed by atoms with Crippen LogP contribution >= 0.6 is 0 Å². The van der Waals surface area contributed by atoms with Crippen molar-refractivity contribution in [1.29, 1.82) is 0 Å². The molecule has 1 aromatic heterocycles. The normalized spacial score (nSPS) is 12.9. The smallest absolute Gasteiger partial charge is 0.0644 e. The van der Waals surface area contributed by atoms with Crippen molar-refractivity contribution in [2.45, 2.75) is 65.8 Å². The third kappa shape index (κ3) is 3.84. The summed E-state index contributed by atoms with van der Waals surface area (Å²) in [4.78, 5) is 0. The van der Waals surface area contributed by atoms with E-state index in [9.17, 15) is 0 Å². The van der Waals surface area contributed by atoms with E-state index in [1.807, 2.05) is 11.7 Å². The van der Waals surface area contributed by atoms with Crippen LogP contribution in [0.2, 0.25) is 0 Å². The van der Waals surface area contributed by atoms with E-state index >= 15 is 0 Å². The summed E-state index contributed by atoms with van der Waals surface area (Å²) in [5.41, 5.74) is 3.89. The van der Waals surface area contributed by atoms with E-state index in [0.717, 1.165) is 6.54 Å². The Kier molecular flexibility index (Phi) is 6.41. The third-order valence-corrected chi connectivity index (χ3v) is 3.71. The number of nitrogens with zero attached hydrogens (tertiary/aromatic N) is 2. The van der Waals surface area contributed by atoms with Crippen LogP contribution in [0.15, 0.2) is 0 Å². The van der Waals surface area contributed by atoms with Gasteiger partial charge in [-0.3, -0.25) is 4.68 Å². The summed E-state index contributed by atoms with van der Waals surface area (Å²) < 4.78 is 2.00. The molecule has 1 atom stereocenters. The summed E-state index contributed by atoms with van der Waals surface area (Å²) in [7, 11) is 2.03. The molecule has 1 rings (SSSR count). The lowest BCUT2D eigenvalue weighted by Gasteiger charge is -2.18. The minimum Gasteiger partial charge on any atom is -0.310 e. The van der Waals surface area contributed by atoms with Crippen molar-refractivity contribution in [3.8, 4) is 0 Å². The van der Waals surface area contributed by atoms with Gasteiger partial charge >= 0.3 is 0 Å². The predicted octanol–water partition coefficient (Wildman–Crippen LogP) is 3.66. The molecule has 0 bridgehead atoms. The van der Waals surface area contributed by atoms with Crippen molar-refractivity contribution in [2.24, 2.45) is 7.05 Å². The molecule has 0 aromatic carbocycles. The van der Waals surface area contributed by atoms with Gasteiger partial charge in [0.2, 0.25) is 0 Å². The molecule has 1 N–H and O–H groups in total. The SMILES string of the molecule is CCCCCCC(NCC)c1c(C)nn(C)c1C. The van der Waals surface area contributed by atoms with Crippen LogP contribution < -0.4 is 5.32 Å². The van der Waals surface area contributed by atoms with Gasteiger partial charge in [0.25, 0.3) is 0 Å². The minimum absolute atomic E-state index is 0.473. The van der Waals surface area contributed by atoms with E-state index < -0.39 is 0 Å². The molecule has 104 valence electrons. The number of hydrogen-bond donors (Lipinski definition) is 1. The molecular formula is C15H29N3. The Bertz CT molecular complexity index is 355. The second-order valence-electron chi connectivity index (χ2n) is 5.17. The summed E-state index contributed by atoms with van der Waals surface area (Å²) >= 11 is 0. The maximum Gasteiger partial charge on any atom is 0.0644 e. The van der Waals surface area contributed by atoms with Crippen LogP contribution in [-0.2, 0) is 7.05 Å². The molecule has 0 saturated heterocycles. The molecule has 0 saturated carbocycles. The van der Waals surface area contributed by atoms with Crippen LogP contribution in [0.5, 0.6) is 0 Å². The molecule has 0 spiro atoms. The number of hydrogen-bond acceptors (Lipinski definition) is 2. The second-order valence-corrected chi connectivity index (χ2v) is 5.17. The predicted molar refractivity (Wildman–Crippen MR) is 77.9 cm³/mol. The molecule has 0 radical (unpaired) electrons. The first kappa shape index (κ1) is 15.2. The maximum atomic E-state index is 4.53. The van der Waals surface area contributed by atoms with Crippen LogP contribution in [-0.4, -0.2) is 16.3 Å². The molecular weight excluding hydrogens is 222 g/mol. The largest absolute Gasteiger partial charge is 0.310 e. The van der Waals surface area contributed by atoms with Gasteiger partial charge in [0.15, 0.2) is 0 Å². The average molecular weight is 251 g/mol. The first-order valence-corrected chi connectivity index (χ1v) is 7.35. The zero-order valence-corrected chi connectivity index (χ0v) is 12.7. The molecule has 0 aliphatic rings. The standard InChI is InChI=1S/C15H29N3/c1-6-8-9-10-11-14(16-7-2)15-12(3)17-18(5)13(15)4/h14,16H,6-11H2,1-5H3. The number of unbranched alkanes of at least 4 members (excludes halogenated alkanes) is 3. The highest BCUT2D eigenvalue weighted by Crippen LogP contribution is 2.25. The van der Waals surface area contributed by atoms with Gasteiger partial charge in [0.1, 0.15) is 0 Å². The van der Waals surface area contributed by atoms with Gasteiger partial charge in [0, 0.05) is 24.3 Å². The molecule has 3 heteroatoms. The van der Waals surface area contributed by atoms with E-state index in [-0.39, 0.29) is 0 Å². The molecule has 1 unspecified atom stereocenters. The molecule has 3 nitrogen and oxygen atoms in total. The van der Waals surface area contributed by atoms with Gasteiger partial charge in [-0.2, -0.15) is 5.10 Å². The van der Waals surface area contributed by atoms with Crippen LogP contribution in [0.3, 0.4) is 0 Å². The number of aromatic nitrogens is 2. The van der Waals surface area contributed by atoms with Crippen molar-refractivity contribution in [3.63, 3.8) is 0 Å². The third-order valence-electron chi connectivity index (χ3n) is 3.71. The Hall–Kier alpha value is -0.830. The van der Waals surface area contributed by atoms with Crippen LogP contribution in [0.4, 0.5) is 0 Å². The summed E-state index contributed by atoms with van der Waals surface area (Å²) in [6.07, 6.45) is 6.53. The molecule has 0 aliphatic heterocycles. The topological polar surface area (TPSA) is 29.9 Å². The fourth-order valence-electron chi connectivity index (χ4n) is 2.66. The van der Waals surface area contributed by atoms with E-state index in [2.05, 4.69) is 38.1 Å². The van der Waals surface area contributed by atoms with Gasteiger partial charge in [-0.15, -0.1) is 0 Å². The average Bonchev–Trinajstić information content (AvgIpc) is 2.58. The number of aryl methyl sites for hydroxylation is 2. The van der Waals surface area contributed by atoms with Gasteiger partial charge in [-0.05, 0) is 26.8 Å². The first-order valence-electron chi connectivity index (χ1n) is 7.35. The summed E-state index contributed by atoms with van der Waals surface area (Å²) in [5.74, 6) is 0.